The second-order valence-electron chi connectivity index (χ2n) is 8.30. The van der Waals surface area contributed by atoms with Gasteiger partial charge in [-0.25, -0.2) is 9.80 Å². The number of nitrogens with zero attached hydrogens (tertiary/aromatic N) is 3. The van der Waals surface area contributed by atoms with E-state index in [1.54, 1.807) is 34.4 Å². The molecule has 34 heavy (non-hydrogen) atoms. The second-order valence-corrected chi connectivity index (χ2v) is 8.30. The minimum atomic E-state index is -0.420. The second kappa shape index (κ2) is 10.9. The summed E-state index contributed by atoms with van der Waals surface area (Å²) < 4.78 is 16.2. The fourth-order valence-corrected chi connectivity index (χ4v) is 3.74. The van der Waals surface area contributed by atoms with Crippen molar-refractivity contribution in [2.24, 2.45) is 5.10 Å². The van der Waals surface area contributed by atoms with Crippen LogP contribution < -0.4 is 19.5 Å². The van der Waals surface area contributed by atoms with E-state index in [4.69, 9.17) is 14.2 Å². The van der Waals surface area contributed by atoms with Gasteiger partial charge in [0.05, 0.1) is 33.1 Å². The minimum absolute atomic E-state index is 0.0367. The Bertz CT molecular complexity index is 1050. The monoisotopic (exact) mass is 468 g/mol. The molecule has 2 aromatic carbocycles. The van der Waals surface area contributed by atoms with E-state index in [2.05, 4.69) is 10.4 Å². The average Bonchev–Trinajstić information content (AvgIpc) is 3.28. The Morgan fingerprint density at radius 2 is 1.71 bits per heavy atom. The third-order valence-electron chi connectivity index (χ3n) is 5.52. The fourth-order valence-electron chi connectivity index (χ4n) is 3.74. The van der Waals surface area contributed by atoms with Crippen molar-refractivity contribution in [3.8, 4) is 17.2 Å². The van der Waals surface area contributed by atoms with Gasteiger partial charge < -0.3 is 24.4 Å². The number of ether oxygens (including phenoxy) is 3. The predicted octanol–water partition coefficient (Wildman–Crippen LogP) is 3.44. The number of benzene rings is 2. The number of likely N-dealkylation sites (N-methyl/N-ethyl adjacent to an activating group) is 1. The van der Waals surface area contributed by atoms with Crippen LogP contribution in [0, 0.1) is 0 Å². The van der Waals surface area contributed by atoms with Crippen molar-refractivity contribution in [2.45, 2.75) is 32.4 Å². The molecule has 0 fully saturated rings. The molecule has 1 N–H and O–H groups in total. The van der Waals surface area contributed by atoms with E-state index >= 15 is 0 Å². The predicted molar refractivity (Wildman–Crippen MR) is 130 cm³/mol. The Kier molecular flexibility index (Phi) is 7.99. The summed E-state index contributed by atoms with van der Waals surface area (Å²) in [5.74, 6) is 1.70. The molecule has 182 valence electrons. The lowest BCUT2D eigenvalue weighted by Gasteiger charge is -2.26. The van der Waals surface area contributed by atoms with E-state index < -0.39 is 6.04 Å². The van der Waals surface area contributed by atoms with Gasteiger partial charge in [-0.3, -0.25) is 4.79 Å². The number of rotatable bonds is 8. The van der Waals surface area contributed by atoms with Crippen LogP contribution >= 0.6 is 0 Å². The highest BCUT2D eigenvalue weighted by atomic mass is 16.5. The van der Waals surface area contributed by atoms with Gasteiger partial charge in [0.1, 0.15) is 23.8 Å². The molecule has 0 aromatic heterocycles. The molecule has 0 aliphatic carbocycles. The lowest BCUT2D eigenvalue weighted by atomic mass is 9.97. The molecule has 0 bridgehead atoms. The maximum Gasteiger partial charge on any atom is 0.317 e. The van der Waals surface area contributed by atoms with Crippen molar-refractivity contribution < 1.29 is 23.8 Å². The zero-order valence-electron chi connectivity index (χ0n) is 20.5. The Morgan fingerprint density at radius 1 is 1.06 bits per heavy atom. The van der Waals surface area contributed by atoms with Crippen LogP contribution in [0.25, 0.3) is 0 Å². The summed E-state index contributed by atoms with van der Waals surface area (Å²) in [6, 6.07) is 12.2. The summed E-state index contributed by atoms with van der Waals surface area (Å²) in [6.07, 6.45) is 0.476. The Labute approximate surface area is 200 Å². The molecule has 2 aromatic rings. The standard InChI is InChI=1S/C25H32N4O5/c1-16(2)26-25(31)28(3)15-24(30)29-22(20-13-19(33-5)11-12-23(20)34-6)14-21(27-29)17-7-9-18(32-4)10-8-17/h7-13,16,22H,14-15H2,1-6H3,(H,26,31). The number of carbonyl (C=O) groups is 2. The molecular formula is C25H32N4O5. The van der Waals surface area contributed by atoms with Gasteiger partial charge in [0.15, 0.2) is 0 Å². The van der Waals surface area contributed by atoms with Gasteiger partial charge in [0, 0.05) is 25.1 Å². The summed E-state index contributed by atoms with van der Waals surface area (Å²) in [6.45, 7) is 3.61. The lowest BCUT2D eigenvalue weighted by Crippen LogP contribution is -2.45. The smallest absolute Gasteiger partial charge is 0.317 e. The number of hydrogen-bond acceptors (Lipinski definition) is 6. The third-order valence-corrected chi connectivity index (χ3v) is 5.52. The van der Waals surface area contributed by atoms with Crippen molar-refractivity contribution in [1.82, 2.24) is 15.2 Å². The fraction of sp³-hybridized carbons (Fsp3) is 0.400. The van der Waals surface area contributed by atoms with E-state index in [-0.39, 0.29) is 24.5 Å². The van der Waals surface area contributed by atoms with Crippen LogP contribution in [0.15, 0.2) is 47.6 Å². The first-order chi connectivity index (χ1) is 16.3. The lowest BCUT2D eigenvalue weighted by molar-refractivity contribution is -0.133. The normalized spacial score (nSPS) is 15.1. The van der Waals surface area contributed by atoms with Gasteiger partial charge in [0.25, 0.3) is 5.91 Å². The van der Waals surface area contributed by atoms with Gasteiger partial charge in [-0.2, -0.15) is 5.10 Å². The van der Waals surface area contributed by atoms with Crippen LogP contribution in [0.1, 0.15) is 37.4 Å². The molecular weight excluding hydrogens is 436 g/mol. The van der Waals surface area contributed by atoms with E-state index in [0.717, 1.165) is 22.6 Å². The molecule has 1 aliphatic heterocycles. The highest BCUT2D eigenvalue weighted by Gasteiger charge is 2.36. The summed E-state index contributed by atoms with van der Waals surface area (Å²) in [5, 5.41) is 8.91. The number of hydrazone groups is 1. The van der Waals surface area contributed by atoms with Gasteiger partial charge in [-0.1, -0.05) is 0 Å². The van der Waals surface area contributed by atoms with Gasteiger partial charge in [-0.05, 0) is 61.9 Å². The molecule has 1 aliphatic rings. The summed E-state index contributed by atoms with van der Waals surface area (Å²) in [4.78, 5) is 27.1. The van der Waals surface area contributed by atoms with Crippen LogP contribution in [-0.2, 0) is 4.79 Å². The molecule has 9 heteroatoms. The number of urea groups is 1. The summed E-state index contributed by atoms with van der Waals surface area (Å²) in [5.41, 5.74) is 2.41. The largest absolute Gasteiger partial charge is 0.497 e. The third kappa shape index (κ3) is 5.59. The first-order valence-corrected chi connectivity index (χ1v) is 11.0. The molecule has 0 spiro atoms. The average molecular weight is 469 g/mol. The van der Waals surface area contributed by atoms with Crippen molar-refractivity contribution in [1.29, 1.82) is 0 Å². The molecule has 3 rings (SSSR count). The zero-order chi connectivity index (χ0) is 24.8. The molecule has 9 nitrogen and oxygen atoms in total. The molecule has 3 amide bonds. The van der Waals surface area contributed by atoms with Crippen molar-refractivity contribution in [3.63, 3.8) is 0 Å². The van der Waals surface area contributed by atoms with Crippen LogP contribution in [0.2, 0.25) is 0 Å². The Hall–Kier alpha value is -3.75. The van der Waals surface area contributed by atoms with Crippen LogP contribution in [0.4, 0.5) is 4.79 Å². The molecule has 0 saturated carbocycles. The maximum absolute atomic E-state index is 13.4. The molecule has 1 heterocycles. The highest BCUT2D eigenvalue weighted by Crippen LogP contribution is 2.39. The zero-order valence-corrected chi connectivity index (χ0v) is 20.5. The number of nitrogens with one attached hydrogen (secondary N) is 1. The first kappa shape index (κ1) is 24.9. The topological polar surface area (TPSA) is 92.7 Å². The van der Waals surface area contributed by atoms with Gasteiger partial charge in [-0.15, -0.1) is 0 Å². The quantitative estimate of drug-likeness (QED) is 0.641. The SMILES string of the molecule is COc1ccc(C2=NN(C(=O)CN(C)C(=O)NC(C)C)C(c3cc(OC)ccc3OC)C2)cc1. The summed E-state index contributed by atoms with van der Waals surface area (Å²) >= 11 is 0. The van der Waals surface area contributed by atoms with E-state index in [1.165, 1.54) is 9.91 Å². The van der Waals surface area contributed by atoms with Crippen molar-refractivity contribution in [2.75, 3.05) is 34.9 Å². The molecule has 1 atom stereocenters. The minimum Gasteiger partial charge on any atom is -0.497 e. The van der Waals surface area contributed by atoms with Crippen LogP contribution in [-0.4, -0.2) is 68.5 Å². The summed E-state index contributed by atoms with van der Waals surface area (Å²) in [7, 11) is 6.37. The van der Waals surface area contributed by atoms with E-state index in [9.17, 15) is 9.59 Å². The van der Waals surface area contributed by atoms with Crippen molar-refractivity contribution in [3.05, 3.63) is 53.6 Å². The van der Waals surface area contributed by atoms with E-state index in [1.807, 2.05) is 50.2 Å². The van der Waals surface area contributed by atoms with Gasteiger partial charge in [0.2, 0.25) is 0 Å². The Morgan fingerprint density at radius 3 is 2.29 bits per heavy atom. The van der Waals surface area contributed by atoms with E-state index in [0.29, 0.717) is 17.9 Å². The van der Waals surface area contributed by atoms with Crippen LogP contribution in [0.5, 0.6) is 17.2 Å². The molecule has 0 radical (unpaired) electrons. The number of hydrogen-bond donors (Lipinski definition) is 1. The number of amides is 3. The number of methoxy groups -OCH3 is 3. The van der Waals surface area contributed by atoms with Crippen molar-refractivity contribution >= 4 is 17.6 Å². The van der Waals surface area contributed by atoms with Crippen LogP contribution in [0.3, 0.4) is 0 Å². The molecule has 0 saturated heterocycles. The highest BCUT2D eigenvalue weighted by molar-refractivity contribution is 6.03. The number of carbonyl (C=O) groups excluding carboxylic acids is 2. The first-order valence-electron chi connectivity index (χ1n) is 11.0. The molecule has 1 unspecified atom stereocenters. The maximum atomic E-state index is 13.4. The Balaban J connectivity index is 1.95. The van der Waals surface area contributed by atoms with Gasteiger partial charge >= 0.3 is 6.03 Å².